The lowest BCUT2D eigenvalue weighted by Crippen LogP contribution is -2.31. The molecule has 0 aromatic heterocycles. The van der Waals surface area contributed by atoms with Crippen LogP contribution in [-0.4, -0.2) is 18.0 Å². The van der Waals surface area contributed by atoms with E-state index in [-0.39, 0.29) is 0 Å². The average molecular weight is 379 g/mol. The highest BCUT2D eigenvalue weighted by Crippen LogP contribution is 2.23. The van der Waals surface area contributed by atoms with Crippen LogP contribution in [0.3, 0.4) is 0 Å². The zero-order chi connectivity index (χ0) is 19.1. The van der Waals surface area contributed by atoms with E-state index < -0.39 is 0 Å². The van der Waals surface area contributed by atoms with E-state index in [0.717, 1.165) is 30.3 Å². The minimum atomic E-state index is 0.345. The molecular formula is C24H27ClN2. The second-order valence-corrected chi connectivity index (χ2v) is 7.41. The zero-order valence-corrected chi connectivity index (χ0v) is 16.8. The monoisotopic (exact) mass is 378 g/mol. The summed E-state index contributed by atoms with van der Waals surface area (Å²) >= 11 is 5.97. The highest BCUT2D eigenvalue weighted by Gasteiger charge is 2.16. The van der Waals surface area contributed by atoms with Gasteiger partial charge in [-0.25, -0.2) is 0 Å². The highest BCUT2D eigenvalue weighted by atomic mass is 35.5. The van der Waals surface area contributed by atoms with Crippen LogP contribution in [0, 0.1) is 6.92 Å². The minimum Gasteiger partial charge on any atom is -0.384 e. The Morgan fingerprint density at radius 1 is 0.889 bits per heavy atom. The Labute approximate surface area is 167 Å². The van der Waals surface area contributed by atoms with Crippen molar-refractivity contribution in [3.63, 3.8) is 0 Å². The summed E-state index contributed by atoms with van der Waals surface area (Å²) in [5, 5.41) is 4.27. The van der Waals surface area contributed by atoms with Gasteiger partial charge in [0.05, 0.1) is 0 Å². The summed E-state index contributed by atoms with van der Waals surface area (Å²) in [5.74, 6) is 0. The summed E-state index contributed by atoms with van der Waals surface area (Å²) < 4.78 is 0. The highest BCUT2D eigenvalue weighted by molar-refractivity contribution is 6.30. The Hall–Kier alpha value is -2.29. The largest absolute Gasteiger partial charge is 0.384 e. The van der Waals surface area contributed by atoms with Gasteiger partial charge in [-0.15, -0.1) is 0 Å². The molecule has 0 aliphatic heterocycles. The van der Waals surface area contributed by atoms with Gasteiger partial charge in [0, 0.05) is 36.4 Å². The van der Waals surface area contributed by atoms with E-state index in [2.05, 4.69) is 78.7 Å². The van der Waals surface area contributed by atoms with Gasteiger partial charge in [0.15, 0.2) is 0 Å². The number of halogens is 1. The summed E-state index contributed by atoms with van der Waals surface area (Å²) in [4.78, 5) is 2.52. The topological polar surface area (TPSA) is 15.3 Å². The Morgan fingerprint density at radius 3 is 2.22 bits per heavy atom. The lowest BCUT2D eigenvalue weighted by atomic mass is 10.0. The molecule has 0 aliphatic carbocycles. The molecule has 0 aliphatic rings. The van der Waals surface area contributed by atoms with Gasteiger partial charge in [0.2, 0.25) is 0 Å². The molecule has 1 unspecified atom stereocenters. The summed E-state index contributed by atoms with van der Waals surface area (Å²) in [6.07, 6.45) is 0. The van der Waals surface area contributed by atoms with Gasteiger partial charge < -0.3 is 5.32 Å². The van der Waals surface area contributed by atoms with Crippen molar-refractivity contribution in [3.8, 4) is 0 Å². The van der Waals surface area contributed by atoms with Crippen molar-refractivity contribution in [1.82, 2.24) is 4.90 Å². The summed E-state index contributed by atoms with van der Waals surface area (Å²) in [6.45, 7) is 7.18. The third-order valence-electron chi connectivity index (χ3n) is 4.91. The van der Waals surface area contributed by atoms with Crippen LogP contribution in [0.4, 0.5) is 5.69 Å². The normalized spacial score (nSPS) is 12.1. The standard InChI is InChI=1S/C24H27ClN2/c1-19-8-10-22(11-9-19)20(2)27(18-21-6-4-3-5-7-21)17-16-26-24-14-12-23(25)13-15-24/h3-15,20,26H,16-18H2,1-2H3. The third kappa shape index (κ3) is 5.85. The molecule has 0 saturated carbocycles. The summed E-state index contributed by atoms with van der Waals surface area (Å²) in [5.41, 5.74) is 5.08. The van der Waals surface area contributed by atoms with Gasteiger partial charge in [0.1, 0.15) is 0 Å². The van der Waals surface area contributed by atoms with Gasteiger partial charge in [-0.1, -0.05) is 71.8 Å². The van der Waals surface area contributed by atoms with E-state index in [1.165, 1.54) is 16.7 Å². The van der Waals surface area contributed by atoms with E-state index in [1.807, 2.05) is 24.3 Å². The number of aryl methyl sites for hydroxylation is 1. The molecule has 2 nitrogen and oxygen atoms in total. The number of nitrogens with one attached hydrogen (secondary N) is 1. The van der Waals surface area contributed by atoms with E-state index in [1.54, 1.807) is 0 Å². The van der Waals surface area contributed by atoms with Crippen LogP contribution >= 0.6 is 11.6 Å². The maximum Gasteiger partial charge on any atom is 0.0407 e. The van der Waals surface area contributed by atoms with Crippen molar-refractivity contribution in [1.29, 1.82) is 0 Å². The van der Waals surface area contributed by atoms with Crippen LogP contribution in [-0.2, 0) is 6.54 Å². The Morgan fingerprint density at radius 2 is 1.56 bits per heavy atom. The number of hydrogen-bond donors (Lipinski definition) is 1. The fraction of sp³-hybridized carbons (Fsp3) is 0.250. The molecule has 3 aromatic rings. The minimum absolute atomic E-state index is 0.345. The lowest BCUT2D eigenvalue weighted by molar-refractivity contribution is 0.209. The van der Waals surface area contributed by atoms with Crippen LogP contribution in [0.25, 0.3) is 0 Å². The first-order chi connectivity index (χ1) is 13.1. The fourth-order valence-corrected chi connectivity index (χ4v) is 3.32. The van der Waals surface area contributed by atoms with Gasteiger partial charge in [-0.3, -0.25) is 4.90 Å². The molecule has 140 valence electrons. The molecule has 3 heteroatoms. The number of nitrogens with zero attached hydrogens (tertiary/aromatic N) is 1. The molecule has 0 bridgehead atoms. The first-order valence-electron chi connectivity index (χ1n) is 9.46. The van der Waals surface area contributed by atoms with Crippen LogP contribution in [0.15, 0.2) is 78.9 Å². The first-order valence-corrected chi connectivity index (χ1v) is 9.83. The SMILES string of the molecule is Cc1ccc(C(C)N(CCNc2ccc(Cl)cc2)Cc2ccccc2)cc1. The van der Waals surface area contributed by atoms with E-state index in [0.29, 0.717) is 6.04 Å². The van der Waals surface area contributed by atoms with Crippen molar-refractivity contribution >= 4 is 17.3 Å². The molecule has 27 heavy (non-hydrogen) atoms. The van der Waals surface area contributed by atoms with Crippen molar-refractivity contribution in [2.45, 2.75) is 26.4 Å². The molecule has 3 aromatic carbocycles. The molecule has 0 amide bonds. The number of benzene rings is 3. The van der Waals surface area contributed by atoms with Crippen LogP contribution in [0.1, 0.15) is 29.7 Å². The lowest BCUT2D eigenvalue weighted by Gasteiger charge is -2.30. The van der Waals surface area contributed by atoms with Crippen LogP contribution in [0.5, 0.6) is 0 Å². The van der Waals surface area contributed by atoms with Crippen molar-refractivity contribution in [2.24, 2.45) is 0 Å². The van der Waals surface area contributed by atoms with E-state index in [4.69, 9.17) is 11.6 Å². The zero-order valence-electron chi connectivity index (χ0n) is 16.0. The van der Waals surface area contributed by atoms with Crippen molar-refractivity contribution in [2.75, 3.05) is 18.4 Å². The second kappa shape index (κ2) is 9.59. The van der Waals surface area contributed by atoms with Gasteiger partial charge in [-0.05, 0) is 49.2 Å². The van der Waals surface area contributed by atoms with Gasteiger partial charge in [-0.2, -0.15) is 0 Å². The molecule has 0 fully saturated rings. The van der Waals surface area contributed by atoms with E-state index in [9.17, 15) is 0 Å². The number of rotatable bonds is 8. The molecule has 3 rings (SSSR count). The second-order valence-electron chi connectivity index (χ2n) is 6.98. The summed E-state index contributed by atoms with van der Waals surface area (Å²) in [6, 6.07) is 27.8. The Kier molecular flexibility index (Phi) is 6.92. The molecular weight excluding hydrogens is 352 g/mol. The Balaban J connectivity index is 1.68. The van der Waals surface area contributed by atoms with E-state index >= 15 is 0 Å². The fourth-order valence-electron chi connectivity index (χ4n) is 3.19. The molecule has 0 saturated heterocycles. The molecule has 0 radical (unpaired) electrons. The van der Waals surface area contributed by atoms with Gasteiger partial charge in [0.25, 0.3) is 0 Å². The average Bonchev–Trinajstić information content (AvgIpc) is 2.69. The summed E-state index contributed by atoms with van der Waals surface area (Å²) in [7, 11) is 0. The molecule has 1 N–H and O–H groups in total. The molecule has 0 spiro atoms. The van der Waals surface area contributed by atoms with Crippen molar-refractivity contribution < 1.29 is 0 Å². The number of anilines is 1. The van der Waals surface area contributed by atoms with Gasteiger partial charge >= 0.3 is 0 Å². The van der Waals surface area contributed by atoms with Crippen molar-refractivity contribution in [3.05, 3.63) is 101 Å². The Bertz CT molecular complexity index is 813. The predicted octanol–water partition coefficient (Wildman–Crippen LogP) is 6.32. The maximum atomic E-state index is 5.97. The number of hydrogen-bond acceptors (Lipinski definition) is 2. The first kappa shape index (κ1) is 19.5. The van der Waals surface area contributed by atoms with Crippen LogP contribution < -0.4 is 5.32 Å². The molecule has 0 heterocycles. The maximum absolute atomic E-state index is 5.97. The third-order valence-corrected chi connectivity index (χ3v) is 5.16. The predicted molar refractivity (Wildman–Crippen MR) is 116 cm³/mol. The van der Waals surface area contributed by atoms with Crippen LogP contribution in [0.2, 0.25) is 5.02 Å². The molecule has 1 atom stereocenters. The quantitative estimate of drug-likeness (QED) is 0.493. The smallest absolute Gasteiger partial charge is 0.0407 e.